The first kappa shape index (κ1) is 8.97. The molecule has 1 aliphatic heterocycles. The number of hydrogen-bond donors (Lipinski definition) is 2. The maximum atomic E-state index is 5.47. The van der Waals surface area contributed by atoms with Crippen molar-refractivity contribution in [3.05, 3.63) is 0 Å². The zero-order valence-corrected chi connectivity index (χ0v) is 7.99. The molecule has 1 aliphatic carbocycles. The lowest BCUT2D eigenvalue weighted by atomic mass is 10.1. The van der Waals surface area contributed by atoms with Gasteiger partial charge in [-0.05, 0) is 26.2 Å². The molecule has 4 nitrogen and oxygen atoms in total. The summed E-state index contributed by atoms with van der Waals surface area (Å²) in [4.78, 5) is 4.52. The predicted octanol–water partition coefficient (Wildman–Crippen LogP) is 0.436. The normalized spacial score (nSPS) is 35.1. The second kappa shape index (κ2) is 3.64. The lowest BCUT2D eigenvalue weighted by molar-refractivity contribution is 0.123. The van der Waals surface area contributed by atoms with Crippen LogP contribution in [0.4, 0.5) is 0 Å². The Kier molecular flexibility index (Phi) is 2.51. The van der Waals surface area contributed by atoms with Crippen LogP contribution >= 0.6 is 0 Å². The molecule has 0 bridgehead atoms. The smallest absolute Gasteiger partial charge is 0.116 e. The molecule has 0 aromatic rings. The van der Waals surface area contributed by atoms with Gasteiger partial charge in [0, 0.05) is 5.92 Å². The topological polar surface area (TPSA) is 59.6 Å². The number of aliphatic imine (C=N–C) groups is 1. The third-order valence-corrected chi connectivity index (χ3v) is 2.60. The van der Waals surface area contributed by atoms with E-state index in [1.807, 2.05) is 0 Å². The Morgan fingerprint density at radius 2 is 2.31 bits per heavy atom. The van der Waals surface area contributed by atoms with Crippen LogP contribution in [-0.4, -0.2) is 24.6 Å². The van der Waals surface area contributed by atoms with Crippen molar-refractivity contribution < 1.29 is 4.74 Å². The van der Waals surface area contributed by atoms with E-state index in [-0.39, 0.29) is 0 Å². The SMILES string of the molecule is CC1CC(C(=NC2CC2)NN)CO1. The largest absolute Gasteiger partial charge is 0.378 e. The van der Waals surface area contributed by atoms with Crippen LogP contribution in [0.3, 0.4) is 0 Å². The molecule has 2 unspecified atom stereocenters. The molecule has 0 amide bonds. The molecule has 2 atom stereocenters. The van der Waals surface area contributed by atoms with Gasteiger partial charge in [0.25, 0.3) is 0 Å². The molecule has 1 heterocycles. The number of hydrazine groups is 1. The van der Waals surface area contributed by atoms with Crippen LogP contribution in [0.5, 0.6) is 0 Å². The first-order chi connectivity index (χ1) is 6.29. The van der Waals surface area contributed by atoms with Crippen molar-refractivity contribution in [2.24, 2.45) is 16.8 Å². The summed E-state index contributed by atoms with van der Waals surface area (Å²) in [6.45, 7) is 2.85. The molecule has 2 rings (SSSR count). The summed E-state index contributed by atoms with van der Waals surface area (Å²) in [6.07, 6.45) is 3.82. The summed E-state index contributed by atoms with van der Waals surface area (Å²) < 4.78 is 5.47. The molecule has 2 aliphatic rings. The molecule has 3 N–H and O–H groups in total. The molecule has 0 radical (unpaired) electrons. The fraction of sp³-hybridized carbons (Fsp3) is 0.889. The van der Waals surface area contributed by atoms with Gasteiger partial charge in [-0.3, -0.25) is 4.99 Å². The Morgan fingerprint density at radius 1 is 1.54 bits per heavy atom. The van der Waals surface area contributed by atoms with E-state index in [9.17, 15) is 0 Å². The molecule has 74 valence electrons. The zero-order chi connectivity index (χ0) is 9.26. The highest BCUT2D eigenvalue weighted by atomic mass is 16.5. The van der Waals surface area contributed by atoms with E-state index >= 15 is 0 Å². The lowest BCUT2D eigenvalue weighted by Crippen LogP contribution is -2.37. The second-order valence-corrected chi connectivity index (χ2v) is 3.97. The number of amidine groups is 1. The number of ether oxygens (including phenoxy) is 1. The van der Waals surface area contributed by atoms with Crippen molar-refractivity contribution in [2.45, 2.75) is 38.3 Å². The van der Waals surface area contributed by atoms with Crippen LogP contribution in [0.15, 0.2) is 4.99 Å². The molecular formula is C9H17N3O. The molecule has 1 saturated heterocycles. The molecule has 0 aromatic heterocycles. The van der Waals surface area contributed by atoms with Crippen molar-refractivity contribution in [1.82, 2.24) is 5.43 Å². The van der Waals surface area contributed by atoms with Crippen molar-refractivity contribution in [1.29, 1.82) is 0 Å². The van der Waals surface area contributed by atoms with E-state index in [2.05, 4.69) is 17.3 Å². The minimum absolute atomic E-state index is 0.350. The van der Waals surface area contributed by atoms with Gasteiger partial charge in [0.15, 0.2) is 0 Å². The average molecular weight is 183 g/mol. The van der Waals surface area contributed by atoms with E-state index < -0.39 is 0 Å². The molecule has 13 heavy (non-hydrogen) atoms. The summed E-state index contributed by atoms with van der Waals surface area (Å²) in [7, 11) is 0. The van der Waals surface area contributed by atoms with E-state index in [0.29, 0.717) is 18.1 Å². The summed E-state index contributed by atoms with van der Waals surface area (Å²) >= 11 is 0. The van der Waals surface area contributed by atoms with Gasteiger partial charge in [-0.25, -0.2) is 5.84 Å². The second-order valence-electron chi connectivity index (χ2n) is 3.97. The number of nitrogens with two attached hydrogens (primary N) is 1. The van der Waals surface area contributed by atoms with Crippen molar-refractivity contribution in [3.8, 4) is 0 Å². The molecule has 0 aromatic carbocycles. The van der Waals surface area contributed by atoms with E-state index in [1.165, 1.54) is 12.8 Å². The summed E-state index contributed by atoms with van der Waals surface area (Å²) in [5.41, 5.74) is 2.71. The number of hydrogen-bond acceptors (Lipinski definition) is 3. The third-order valence-electron chi connectivity index (χ3n) is 2.60. The van der Waals surface area contributed by atoms with Crippen molar-refractivity contribution >= 4 is 5.84 Å². The third kappa shape index (κ3) is 2.19. The quantitative estimate of drug-likeness (QED) is 0.282. The fourth-order valence-corrected chi connectivity index (χ4v) is 1.67. The van der Waals surface area contributed by atoms with Gasteiger partial charge in [0.05, 0.1) is 18.8 Å². The maximum absolute atomic E-state index is 5.47. The number of rotatable bonds is 2. The van der Waals surface area contributed by atoms with Gasteiger partial charge >= 0.3 is 0 Å². The van der Waals surface area contributed by atoms with Crippen molar-refractivity contribution in [3.63, 3.8) is 0 Å². The minimum Gasteiger partial charge on any atom is -0.378 e. The van der Waals surface area contributed by atoms with Gasteiger partial charge < -0.3 is 10.2 Å². The van der Waals surface area contributed by atoms with E-state index in [1.54, 1.807) is 0 Å². The Hall–Kier alpha value is -0.610. The van der Waals surface area contributed by atoms with E-state index in [0.717, 1.165) is 18.9 Å². The van der Waals surface area contributed by atoms with Crippen LogP contribution in [0.25, 0.3) is 0 Å². The summed E-state index contributed by atoms with van der Waals surface area (Å²) in [5.74, 6) is 6.76. The van der Waals surface area contributed by atoms with Gasteiger partial charge in [-0.2, -0.15) is 0 Å². The highest BCUT2D eigenvalue weighted by molar-refractivity contribution is 5.84. The van der Waals surface area contributed by atoms with Crippen LogP contribution in [-0.2, 0) is 4.74 Å². The first-order valence-corrected chi connectivity index (χ1v) is 4.95. The van der Waals surface area contributed by atoms with E-state index in [4.69, 9.17) is 10.6 Å². The maximum Gasteiger partial charge on any atom is 0.116 e. The molecule has 4 heteroatoms. The van der Waals surface area contributed by atoms with Crippen LogP contribution in [0.2, 0.25) is 0 Å². The highest BCUT2D eigenvalue weighted by Gasteiger charge is 2.29. The first-order valence-electron chi connectivity index (χ1n) is 4.95. The summed E-state index contributed by atoms with van der Waals surface area (Å²) in [6, 6.07) is 0.530. The molecule has 0 spiro atoms. The Labute approximate surface area is 78.5 Å². The standard InChI is InChI=1S/C9H17N3O/c1-6-4-7(5-13-6)9(12-10)11-8-2-3-8/h6-8H,2-5,10H2,1H3,(H,11,12). The predicted molar refractivity (Wildman–Crippen MR) is 51.3 cm³/mol. The Bertz CT molecular complexity index is 213. The van der Waals surface area contributed by atoms with Crippen molar-refractivity contribution in [2.75, 3.05) is 6.61 Å². The number of nitrogens with one attached hydrogen (secondary N) is 1. The van der Waals surface area contributed by atoms with Crippen LogP contribution < -0.4 is 11.3 Å². The fourth-order valence-electron chi connectivity index (χ4n) is 1.67. The highest BCUT2D eigenvalue weighted by Crippen LogP contribution is 2.26. The Balaban J connectivity index is 1.95. The van der Waals surface area contributed by atoms with Crippen LogP contribution in [0, 0.1) is 5.92 Å². The average Bonchev–Trinajstić information content (AvgIpc) is 2.84. The monoisotopic (exact) mass is 183 g/mol. The number of nitrogens with zero attached hydrogens (tertiary/aromatic N) is 1. The van der Waals surface area contributed by atoms with Gasteiger partial charge in [-0.15, -0.1) is 0 Å². The Morgan fingerprint density at radius 3 is 2.77 bits per heavy atom. The van der Waals surface area contributed by atoms with Gasteiger partial charge in [0.2, 0.25) is 0 Å². The molecular weight excluding hydrogens is 166 g/mol. The van der Waals surface area contributed by atoms with Gasteiger partial charge in [-0.1, -0.05) is 0 Å². The van der Waals surface area contributed by atoms with Crippen LogP contribution in [0.1, 0.15) is 26.2 Å². The summed E-state index contributed by atoms with van der Waals surface area (Å²) in [5, 5.41) is 0. The lowest BCUT2D eigenvalue weighted by Gasteiger charge is -2.10. The minimum atomic E-state index is 0.350. The zero-order valence-electron chi connectivity index (χ0n) is 7.99. The van der Waals surface area contributed by atoms with Gasteiger partial charge in [0.1, 0.15) is 5.84 Å². The molecule has 2 fully saturated rings. The molecule has 1 saturated carbocycles.